The number of aromatic nitrogens is 3. The van der Waals surface area contributed by atoms with Crippen LogP contribution in [0.3, 0.4) is 0 Å². The summed E-state index contributed by atoms with van der Waals surface area (Å²) in [5, 5.41) is 7.06. The first kappa shape index (κ1) is 18.7. The highest BCUT2D eigenvalue weighted by Crippen LogP contribution is 2.35. The molecule has 0 aliphatic rings. The number of methoxy groups -OCH3 is 2. The number of amides is 1. The summed E-state index contributed by atoms with van der Waals surface area (Å²) in [5.74, 6) is 1.43. The number of rotatable bonds is 7. The zero-order valence-electron chi connectivity index (χ0n) is 14.7. The molecule has 1 aromatic carbocycles. The first-order valence-electron chi connectivity index (χ1n) is 8.05. The highest BCUT2D eigenvalue weighted by molar-refractivity contribution is 6.32. The van der Waals surface area contributed by atoms with Gasteiger partial charge in [0.15, 0.2) is 0 Å². The van der Waals surface area contributed by atoms with Gasteiger partial charge in [-0.05, 0) is 12.1 Å². The fraction of sp³-hybridized carbons (Fsp3) is 0.222. The van der Waals surface area contributed by atoms with E-state index in [1.54, 1.807) is 30.6 Å². The smallest absolute Gasteiger partial charge is 0.227 e. The van der Waals surface area contributed by atoms with Crippen LogP contribution in [-0.2, 0) is 11.2 Å². The highest BCUT2D eigenvalue weighted by atomic mass is 35.5. The largest absolute Gasteiger partial charge is 0.495 e. The fourth-order valence-electron chi connectivity index (χ4n) is 2.36. The van der Waals surface area contributed by atoms with Crippen LogP contribution < -0.4 is 14.8 Å². The summed E-state index contributed by atoms with van der Waals surface area (Å²) >= 11 is 6.06. The molecule has 0 bridgehead atoms. The van der Waals surface area contributed by atoms with Gasteiger partial charge in [0, 0.05) is 42.9 Å². The summed E-state index contributed by atoms with van der Waals surface area (Å²) in [6.07, 6.45) is 3.76. The molecular formula is C18H17ClN4O4. The number of carbonyl (C=O) groups is 1. The first-order valence-corrected chi connectivity index (χ1v) is 8.43. The molecule has 0 saturated heterocycles. The van der Waals surface area contributed by atoms with Crippen molar-refractivity contribution in [1.29, 1.82) is 0 Å². The zero-order chi connectivity index (χ0) is 19.2. The second-order valence-corrected chi connectivity index (χ2v) is 5.90. The minimum absolute atomic E-state index is 0.156. The van der Waals surface area contributed by atoms with Gasteiger partial charge in [-0.25, -0.2) is 0 Å². The number of nitrogens with one attached hydrogen (secondary N) is 1. The molecule has 3 rings (SSSR count). The molecule has 0 aliphatic carbocycles. The Balaban J connectivity index is 1.63. The Kier molecular flexibility index (Phi) is 5.87. The molecule has 1 N–H and O–H groups in total. The molecule has 0 saturated carbocycles. The van der Waals surface area contributed by atoms with Crippen molar-refractivity contribution in [3.05, 3.63) is 47.6 Å². The van der Waals surface area contributed by atoms with Crippen molar-refractivity contribution in [3.63, 3.8) is 0 Å². The molecule has 0 atom stereocenters. The standard InChI is InChI=1S/C18H17ClN4O4/c1-25-14-9-13(15(26-2)8-12(14)19)21-16(24)5-6-17-22-18(23-27-17)11-4-3-7-20-10-11/h3-4,7-10H,5-6H2,1-2H3,(H,21,24). The van der Waals surface area contributed by atoms with Gasteiger partial charge in [0.05, 0.1) is 24.9 Å². The fourth-order valence-corrected chi connectivity index (χ4v) is 2.59. The number of anilines is 1. The normalized spacial score (nSPS) is 10.5. The molecule has 0 aliphatic heterocycles. The van der Waals surface area contributed by atoms with E-state index in [0.29, 0.717) is 40.3 Å². The molecule has 3 aromatic rings. The van der Waals surface area contributed by atoms with E-state index >= 15 is 0 Å². The third-order valence-electron chi connectivity index (χ3n) is 3.70. The van der Waals surface area contributed by atoms with E-state index in [-0.39, 0.29) is 12.3 Å². The minimum atomic E-state index is -0.237. The Morgan fingerprint density at radius 3 is 2.78 bits per heavy atom. The molecule has 0 spiro atoms. The molecule has 0 radical (unpaired) electrons. The lowest BCUT2D eigenvalue weighted by atomic mass is 10.2. The van der Waals surface area contributed by atoms with Crippen LogP contribution in [0.4, 0.5) is 5.69 Å². The molecule has 1 amide bonds. The van der Waals surface area contributed by atoms with Crippen LogP contribution in [-0.4, -0.2) is 35.3 Å². The number of hydrogen-bond acceptors (Lipinski definition) is 7. The quantitative estimate of drug-likeness (QED) is 0.662. The Hall–Kier alpha value is -3.13. The summed E-state index contributed by atoms with van der Waals surface area (Å²) in [6, 6.07) is 6.79. The lowest BCUT2D eigenvalue weighted by Gasteiger charge is -2.12. The molecule has 8 nitrogen and oxygen atoms in total. The van der Waals surface area contributed by atoms with Gasteiger partial charge >= 0.3 is 0 Å². The van der Waals surface area contributed by atoms with E-state index in [1.165, 1.54) is 14.2 Å². The van der Waals surface area contributed by atoms with Crippen molar-refractivity contribution < 1.29 is 18.8 Å². The SMILES string of the molecule is COc1cc(NC(=O)CCc2nc(-c3cccnc3)no2)c(OC)cc1Cl. The molecule has 2 heterocycles. The molecule has 2 aromatic heterocycles. The minimum Gasteiger partial charge on any atom is -0.495 e. The Morgan fingerprint density at radius 1 is 1.26 bits per heavy atom. The number of ether oxygens (including phenoxy) is 2. The van der Waals surface area contributed by atoms with Gasteiger partial charge in [0.25, 0.3) is 0 Å². The van der Waals surface area contributed by atoms with E-state index in [0.717, 1.165) is 5.56 Å². The molecular weight excluding hydrogens is 372 g/mol. The summed E-state index contributed by atoms with van der Waals surface area (Å²) in [7, 11) is 2.99. The third kappa shape index (κ3) is 4.53. The summed E-state index contributed by atoms with van der Waals surface area (Å²) in [4.78, 5) is 20.6. The molecule has 9 heteroatoms. The number of carbonyl (C=O) groups excluding carboxylic acids is 1. The third-order valence-corrected chi connectivity index (χ3v) is 4.00. The highest BCUT2D eigenvalue weighted by Gasteiger charge is 2.14. The van der Waals surface area contributed by atoms with Gasteiger partial charge in [0.1, 0.15) is 11.5 Å². The van der Waals surface area contributed by atoms with Gasteiger partial charge < -0.3 is 19.3 Å². The Morgan fingerprint density at radius 2 is 2.07 bits per heavy atom. The predicted octanol–water partition coefficient (Wildman–Crippen LogP) is 3.37. The predicted molar refractivity (Wildman–Crippen MR) is 99.0 cm³/mol. The van der Waals surface area contributed by atoms with Crippen LogP contribution in [0.1, 0.15) is 12.3 Å². The van der Waals surface area contributed by atoms with Crippen LogP contribution in [0, 0.1) is 0 Å². The van der Waals surface area contributed by atoms with E-state index in [4.69, 9.17) is 25.6 Å². The van der Waals surface area contributed by atoms with E-state index in [9.17, 15) is 4.79 Å². The first-order chi connectivity index (χ1) is 13.1. The maximum absolute atomic E-state index is 12.3. The number of benzene rings is 1. The average molecular weight is 389 g/mol. The molecule has 0 unspecified atom stereocenters. The molecule has 140 valence electrons. The molecule has 27 heavy (non-hydrogen) atoms. The van der Waals surface area contributed by atoms with Crippen molar-refractivity contribution in [1.82, 2.24) is 15.1 Å². The van der Waals surface area contributed by atoms with Crippen LogP contribution in [0.2, 0.25) is 5.02 Å². The number of pyridine rings is 1. The van der Waals surface area contributed by atoms with Crippen LogP contribution >= 0.6 is 11.6 Å². The van der Waals surface area contributed by atoms with Crippen LogP contribution in [0.25, 0.3) is 11.4 Å². The van der Waals surface area contributed by atoms with Crippen molar-refractivity contribution in [2.45, 2.75) is 12.8 Å². The van der Waals surface area contributed by atoms with Gasteiger partial charge in [-0.2, -0.15) is 4.98 Å². The summed E-state index contributed by atoms with van der Waals surface area (Å²) in [5.41, 5.74) is 1.21. The maximum Gasteiger partial charge on any atom is 0.227 e. The van der Waals surface area contributed by atoms with Crippen molar-refractivity contribution in [2.24, 2.45) is 0 Å². The second-order valence-electron chi connectivity index (χ2n) is 5.49. The van der Waals surface area contributed by atoms with E-state index in [1.807, 2.05) is 6.07 Å². The lowest BCUT2D eigenvalue weighted by Crippen LogP contribution is -2.13. The maximum atomic E-state index is 12.3. The number of nitrogens with zero attached hydrogens (tertiary/aromatic N) is 3. The Bertz CT molecular complexity index is 930. The Labute approximate surface area is 160 Å². The summed E-state index contributed by atoms with van der Waals surface area (Å²) in [6.45, 7) is 0. The van der Waals surface area contributed by atoms with E-state index in [2.05, 4.69) is 20.4 Å². The van der Waals surface area contributed by atoms with Crippen molar-refractivity contribution in [2.75, 3.05) is 19.5 Å². The monoisotopic (exact) mass is 388 g/mol. The van der Waals surface area contributed by atoms with Crippen LogP contribution in [0.5, 0.6) is 11.5 Å². The number of hydrogen-bond donors (Lipinski definition) is 1. The summed E-state index contributed by atoms with van der Waals surface area (Å²) < 4.78 is 15.6. The molecule has 0 fully saturated rings. The van der Waals surface area contributed by atoms with Gasteiger partial charge in [-0.1, -0.05) is 16.8 Å². The van der Waals surface area contributed by atoms with E-state index < -0.39 is 0 Å². The van der Waals surface area contributed by atoms with Gasteiger partial charge in [-0.15, -0.1) is 0 Å². The topological polar surface area (TPSA) is 99.4 Å². The van der Waals surface area contributed by atoms with Crippen LogP contribution in [0.15, 0.2) is 41.2 Å². The number of halogens is 1. The van der Waals surface area contributed by atoms with Gasteiger partial charge in [-0.3, -0.25) is 9.78 Å². The van der Waals surface area contributed by atoms with Crippen molar-refractivity contribution >= 4 is 23.2 Å². The average Bonchev–Trinajstić information content (AvgIpc) is 3.17. The zero-order valence-corrected chi connectivity index (χ0v) is 15.5. The lowest BCUT2D eigenvalue weighted by molar-refractivity contribution is -0.116. The van der Waals surface area contributed by atoms with Crippen molar-refractivity contribution in [3.8, 4) is 22.9 Å². The second kappa shape index (κ2) is 8.50. The number of aryl methyl sites for hydroxylation is 1. The van der Waals surface area contributed by atoms with Gasteiger partial charge in [0.2, 0.25) is 17.6 Å².